The predicted octanol–water partition coefficient (Wildman–Crippen LogP) is 2.22. The minimum Gasteiger partial charge on any atom is -0.303 e. The Morgan fingerprint density at radius 3 is 2.42 bits per heavy atom. The monoisotopic (exact) mass is 170 g/mol. The molecule has 70 valence electrons. The first-order chi connectivity index (χ1) is 5.61. The Balaban J connectivity index is 3.63. The first-order valence-corrected chi connectivity index (χ1v) is 4.59. The second-order valence-corrected chi connectivity index (χ2v) is 3.44. The molecule has 0 spiro atoms. The summed E-state index contributed by atoms with van der Waals surface area (Å²) in [4.78, 5) is 21.4. The van der Waals surface area contributed by atoms with Crippen molar-refractivity contribution in [1.29, 1.82) is 0 Å². The van der Waals surface area contributed by atoms with Gasteiger partial charge in [0.1, 0.15) is 12.1 Å². The molecule has 0 amide bonds. The largest absolute Gasteiger partial charge is 0.303 e. The fourth-order valence-corrected chi connectivity index (χ4v) is 0.896. The van der Waals surface area contributed by atoms with Gasteiger partial charge in [0.2, 0.25) is 0 Å². The highest BCUT2D eigenvalue weighted by molar-refractivity contribution is 5.92. The van der Waals surface area contributed by atoms with E-state index in [0.29, 0.717) is 12.3 Å². The van der Waals surface area contributed by atoms with Crippen LogP contribution in [0.5, 0.6) is 0 Å². The van der Waals surface area contributed by atoms with Crippen LogP contribution in [0.3, 0.4) is 0 Å². The fraction of sp³-hybridized carbons (Fsp3) is 0.800. The first-order valence-electron chi connectivity index (χ1n) is 4.59. The number of aldehydes is 1. The van der Waals surface area contributed by atoms with Crippen molar-refractivity contribution in [1.82, 2.24) is 0 Å². The van der Waals surface area contributed by atoms with Crippen molar-refractivity contribution >= 4 is 12.1 Å². The van der Waals surface area contributed by atoms with Crippen LogP contribution in [-0.4, -0.2) is 12.1 Å². The zero-order chi connectivity index (χ0) is 9.56. The molecule has 0 fully saturated rings. The smallest absolute Gasteiger partial charge is 0.142 e. The summed E-state index contributed by atoms with van der Waals surface area (Å²) in [7, 11) is 0. The van der Waals surface area contributed by atoms with Crippen LogP contribution in [0.1, 0.15) is 40.0 Å². The van der Waals surface area contributed by atoms with Gasteiger partial charge in [-0.25, -0.2) is 0 Å². The van der Waals surface area contributed by atoms with Gasteiger partial charge in [-0.15, -0.1) is 0 Å². The summed E-state index contributed by atoms with van der Waals surface area (Å²) in [6.45, 7) is 5.89. The van der Waals surface area contributed by atoms with E-state index in [0.717, 1.165) is 19.1 Å². The normalized spacial score (nSPS) is 15.2. The first kappa shape index (κ1) is 11.3. The fourth-order valence-electron chi connectivity index (χ4n) is 0.896. The number of carbonyl (C=O) groups is 2. The van der Waals surface area contributed by atoms with E-state index in [1.54, 1.807) is 6.92 Å². The Morgan fingerprint density at radius 2 is 2.00 bits per heavy atom. The highest BCUT2D eigenvalue weighted by Gasteiger charge is 2.11. The lowest BCUT2D eigenvalue weighted by Crippen LogP contribution is -2.12. The number of carbonyl (C=O) groups excluding carboxylic acids is 2. The molecular weight excluding hydrogens is 152 g/mol. The highest BCUT2D eigenvalue weighted by atomic mass is 16.1. The van der Waals surface area contributed by atoms with Gasteiger partial charge in [-0.3, -0.25) is 4.79 Å². The third kappa shape index (κ3) is 4.27. The quantitative estimate of drug-likeness (QED) is 0.452. The molecule has 0 rings (SSSR count). The molecular formula is C10H18O2. The molecule has 0 aromatic heterocycles. The topological polar surface area (TPSA) is 34.1 Å². The van der Waals surface area contributed by atoms with Crippen LogP contribution in [0, 0.1) is 11.8 Å². The van der Waals surface area contributed by atoms with Gasteiger partial charge < -0.3 is 4.79 Å². The lowest BCUT2D eigenvalue weighted by Gasteiger charge is -2.07. The van der Waals surface area contributed by atoms with E-state index in [-0.39, 0.29) is 5.78 Å². The summed E-state index contributed by atoms with van der Waals surface area (Å²) < 4.78 is 0. The zero-order valence-electron chi connectivity index (χ0n) is 8.17. The number of hydrogen-bond donors (Lipinski definition) is 0. The van der Waals surface area contributed by atoms with E-state index in [1.165, 1.54) is 0 Å². The molecule has 2 unspecified atom stereocenters. The number of ketones is 1. The summed E-state index contributed by atoms with van der Waals surface area (Å²) in [5.41, 5.74) is 0. The minimum absolute atomic E-state index is 0.0744. The van der Waals surface area contributed by atoms with Crippen LogP contribution in [0.25, 0.3) is 0 Å². The average molecular weight is 170 g/mol. The van der Waals surface area contributed by atoms with Crippen LogP contribution in [0.4, 0.5) is 0 Å². The van der Waals surface area contributed by atoms with Crippen molar-refractivity contribution < 1.29 is 9.59 Å². The molecule has 0 aromatic carbocycles. The molecule has 0 radical (unpaired) electrons. The van der Waals surface area contributed by atoms with E-state index < -0.39 is 5.92 Å². The van der Waals surface area contributed by atoms with Crippen LogP contribution in [0.2, 0.25) is 0 Å². The molecule has 2 atom stereocenters. The summed E-state index contributed by atoms with van der Waals surface area (Å²) in [5, 5.41) is 0. The van der Waals surface area contributed by atoms with Crippen LogP contribution >= 0.6 is 0 Å². The van der Waals surface area contributed by atoms with Crippen molar-refractivity contribution in [3.8, 4) is 0 Å². The predicted molar refractivity (Wildman–Crippen MR) is 48.9 cm³/mol. The molecule has 0 aliphatic heterocycles. The number of rotatable bonds is 6. The molecule has 0 heterocycles. The second-order valence-electron chi connectivity index (χ2n) is 3.44. The molecule has 2 heteroatoms. The summed E-state index contributed by atoms with van der Waals surface area (Å²) >= 11 is 0. The Hall–Kier alpha value is -0.660. The van der Waals surface area contributed by atoms with Gasteiger partial charge >= 0.3 is 0 Å². The minimum atomic E-state index is -0.408. The molecule has 0 N–H and O–H groups in total. The molecule has 0 aromatic rings. The molecule has 0 saturated heterocycles. The second kappa shape index (κ2) is 5.92. The van der Waals surface area contributed by atoms with Crippen molar-refractivity contribution in [2.45, 2.75) is 40.0 Å². The average Bonchev–Trinajstić information content (AvgIpc) is 2.11. The molecule has 0 bridgehead atoms. The van der Waals surface area contributed by atoms with E-state index >= 15 is 0 Å². The van der Waals surface area contributed by atoms with Crippen molar-refractivity contribution in [2.75, 3.05) is 0 Å². The van der Waals surface area contributed by atoms with Crippen LogP contribution in [0.15, 0.2) is 0 Å². The molecule has 0 aliphatic carbocycles. The molecule has 0 saturated carbocycles. The Bertz CT molecular complexity index is 152. The van der Waals surface area contributed by atoms with Gasteiger partial charge in [0, 0.05) is 6.42 Å². The molecule has 0 aliphatic rings. The maximum atomic E-state index is 11.2. The SMILES string of the molecule is CCC(C)CCC(=O)C(C)C=O. The van der Waals surface area contributed by atoms with E-state index in [4.69, 9.17) is 0 Å². The van der Waals surface area contributed by atoms with Gasteiger partial charge in [0.05, 0.1) is 5.92 Å². The van der Waals surface area contributed by atoms with Crippen molar-refractivity contribution in [3.05, 3.63) is 0 Å². The molecule has 12 heavy (non-hydrogen) atoms. The Kier molecular flexibility index (Phi) is 5.60. The van der Waals surface area contributed by atoms with Gasteiger partial charge in [-0.1, -0.05) is 20.3 Å². The van der Waals surface area contributed by atoms with Gasteiger partial charge in [-0.05, 0) is 19.3 Å². The zero-order valence-corrected chi connectivity index (χ0v) is 8.17. The van der Waals surface area contributed by atoms with Gasteiger partial charge in [0.25, 0.3) is 0 Å². The molecule has 2 nitrogen and oxygen atoms in total. The summed E-state index contributed by atoms with van der Waals surface area (Å²) in [5.74, 6) is 0.257. The maximum absolute atomic E-state index is 11.2. The van der Waals surface area contributed by atoms with Gasteiger partial charge in [0.15, 0.2) is 0 Å². The Labute approximate surface area is 74.3 Å². The third-order valence-electron chi connectivity index (χ3n) is 2.29. The summed E-state index contributed by atoms with van der Waals surface area (Å²) in [6, 6.07) is 0. The number of hydrogen-bond acceptors (Lipinski definition) is 2. The van der Waals surface area contributed by atoms with Crippen LogP contribution in [-0.2, 0) is 9.59 Å². The highest BCUT2D eigenvalue weighted by Crippen LogP contribution is 2.11. The van der Waals surface area contributed by atoms with E-state index in [2.05, 4.69) is 13.8 Å². The standard InChI is InChI=1S/C10H18O2/c1-4-8(2)5-6-10(12)9(3)7-11/h7-9H,4-6H2,1-3H3. The van der Waals surface area contributed by atoms with Crippen molar-refractivity contribution in [3.63, 3.8) is 0 Å². The lowest BCUT2D eigenvalue weighted by molar-refractivity contribution is -0.126. The van der Waals surface area contributed by atoms with Crippen molar-refractivity contribution in [2.24, 2.45) is 11.8 Å². The van der Waals surface area contributed by atoms with Gasteiger partial charge in [-0.2, -0.15) is 0 Å². The van der Waals surface area contributed by atoms with E-state index in [9.17, 15) is 9.59 Å². The summed E-state index contributed by atoms with van der Waals surface area (Å²) in [6.07, 6.45) is 3.28. The lowest BCUT2D eigenvalue weighted by atomic mass is 9.97. The van der Waals surface area contributed by atoms with E-state index in [1.807, 2.05) is 0 Å². The number of Topliss-reactive ketones (excluding diaryl/α,β-unsaturated/α-hetero) is 1. The third-order valence-corrected chi connectivity index (χ3v) is 2.29. The maximum Gasteiger partial charge on any atom is 0.142 e. The van der Waals surface area contributed by atoms with Crippen LogP contribution < -0.4 is 0 Å². The Morgan fingerprint density at radius 1 is 1.42 bits per heavy atom.